The van der Waals surface area contributed by atoms with Crippen LogP contribution in [0.4, 0.5) is 10.5 Å². The second kappa shape index (κ2) is 6.53. The summed E-state index contributed by atoms with van der Waals surface area (Å²) >= 11 is 5.79. The second-order valence-corrected chi connectivity index (χ2v) is 4.22. The summed E-state index contributed by atoms with van der Waals surface area (Å²) in [7, 11) is 0. The highest BCUT2D eigenvalue weighted by molar-refractivity contribution is 6.30. The van der Waals surface area contributed by atoms with Crippen LogP contribution >= 0.6 is 11.6 Å². The molecule has 1 aromatic heterocycles. The number of hydrazine groups is 1. The molecule has 2 aromatic rings. The molecule has 3 N–H and O–H groups in total. The van der Waals surface area contributed by atoms with Crippen molar-refractivity contribution in [3.05, 3.63) is 59.4 Å². The SMILES string of the molecule is O=C(NNC(=O)c1ccncc1)Nc1cccc(Cl)c1. The van der Waals surface area contributed by atoms with E-state index in [-0.39, 0.29) is 0 Å². The number of anilines is 1. The highest BCUT2D eigenvalue weighted by Gasteiger charge is 2.06. The molecule has 0 aliphatic heterocycles. The molecule has 0 aliphatic carbocycles. The van der Waals surface area contributed by atoms with Crippen molar-refractivity contribution in [3.8, 4) is 0 Å². The van der Waals surface area contributed by atoms with E-state index >= 15 is 0 Å². The third-order valence-corrected chi connectivity index (χ3v) is 2.55. The molecule has 0 bridgehead atoms. The molecule has 7 heteroatoms. The van der Waals surface area contributed by atoms with Crippen molar-refractivity contribution >= 4 is 29.2 Å². The van der Waals surface area contributed by atoms with E-state index in [0.717, 1.165) is 0 Å². The van der Waals surface area contributed by atoms with Gasteiger partial charge in [-0.2, -0.15) is 0 Å². The van der Waals surface area contributed by atoms with Crippen LogP contribution in [0.3, 0.4) is 0 Å². The lowest BCUT2D eigenvalue weighted by Gasteiger charge is -2.09. The van der Waals surface area contributed by atoms with Gasteiger partial charge in [0, 0.05) is 28.7 Å². The number of benzene rings is 1. The number of hydrogen-bond acceptors (Lipinski definition) is 3. The van der Waals surface area contributed by atoms with Crippen molar-refractivity contribution in [2.45, 2.75) is 0 Å². The first-order valence-electron chi connectivity index (χ1n) is 5.68. The Hall–Kier alpha value is -2.60. The first-order chi connectivity index (χ1) is 9.65. The molecule has 0 saturated carbocycles. The Bertz CT molecular complexity index is 619. The van der Waals surface area contributed by atoms with E-state index in [1.165, 1.54) is 24.5 Å². The maximum absolute atomic E-state index is 11.7. The van der Waals surface area contributed by atoms with Gasteiger partial charge in [0.1, 0.15) is 0 Å². The average molecular weight is 291 g/mol. The molecule has 0 fully saturated rings. The average Bonchev–Trinajstić information content (AvgIpc) is 2.46. The quantitative estimate of drug-likeness (QED) is 0.742. The van der Waals surface area contributed by atoms with Crippen LogP contribution in [0.2, 0.25) is 5.02 Å². The molecule has 1 aromatic carbocycles. The summed E-state index contributed by atoms with van der Waals surface area (Å²) in [4.78, 5) is 27.0. The van der Waals surface area contributed by atoms with Gasteiger partial charge in [-0.25, -0.2) is 10.2 Å². The molecule has 20 heavy (non-hydrogen) atoms. The minimum absolute atomic E-state index is 0.392. The van der Waals surface area contributed by atoms with Gasteiger partial charge in [-0.1, -0.05) is 17.7 Å². The number of pyridine rings is 1. The van der Waals surface area contributed by atoms with Crippen molar-refractivity contribution in [2.24, 2.45) is 0 Å². The number of carbonyl (C=O) groups is 2. The Morgan fingerprint density at radius 2 is 1.80 bits per heavy atom. The molecule has 0 spiro atoms. The summed E-state index contributed by atoms with van der Waals surface area (Å²) in [6, 6.07) is 9.15. The van der Waals surface area contributed by atoms with Crippen LogP contribution in [-0.2, 0) is 0 Å². The summed E-state index contributed by atoms with van der Waals surface area (Å²) in [5.74, 6) is -0.436. The molecule has 6 nitrogen and oxygen atoms in total. The number of amides is 3. The molecule has 102 valence electrons. The van der Waals surface area contributed by atoms with Crippen molar-refractivity contribution in [1.82, 2.24) is 15.8 Å². The first kappa shape index (κ1) is 13.8. The number of aromatic nitrogens is 1. The summed E-state index contributed by atoms with van der Waals surface area (Å²) in [6.07, 6.45) is 2.97. The van der Waals surface area contributed by atoms with Gasteiger partial charge in [-0.3, -0.25) is 15.2 Å². The predicted octanol–water partition coefficient (Wildman–Crippen LogP) is 2.20. The smallest absolute Gasteiger partial charge is 0.307 e. The Labute approximate surface area is 120 Å². The normalized spacial score (nSPS) is 9.65. The van der Waals surface area contributed by atoms with E-state index in [0.29, 0.717) is 16.3 Å². The zero-order valence-electron chi connectivity index (χ0n) is 10.3. The van der Waals surface area contributed by atoms with Crippen LogP contribution in [0.15, 0.2) is 48.8 Å². The fourth-order valence-electron chi connectivity index (χ4n) is 1.42. The first-order valence-corrected chi connectivity index (χ1v) is 6.06. The lowest BCUT2D eigenvalue weighted by Crippen LogP contribution is -2.43. The van der Waals surface area contributed by atoms with Gasteiger partial charge in [0.2, 0.25) is 0 Å². The van der Waals surface area contributed by atoms with Gasteiger partial charge in [0.15, 0.2) is 0 Å². The molecule has 1 heterocycles. The highest BCUT2D eigenvalue weighted by Crippen LogP contribution is 2.14. The van der Waals surface area contributed by atoms with E-state index in [4.69, 9.17) is 11.6 Å². The summed E-state index contributed by atoms with van der Waals surface area (Å²) in [5, 5.41) is 3.03. The number of carbonyl (C=O) groups excluding carboxylic acids is 2. The van der Waals surface area contributed by atoms with Gasteiger partial charge in [0.05, 0.1) is 0 Å². The Balaban J connectivity index is 1.85. The fourth-order valence-corrected chi connectivity index (χ4v) is 1.61. The molecule has 0 radical (unpaired) electrons. The van der Waals surface area contributed by atoms with Gasteiger partial charge >= 0.3 is 6.03 Å². The van der Waals surface area contributed by atoms with E-state index in [1.54, 1.807) is 24.3 Å². The monoisotopic (exact) mass is 290 g/mol. The van der Waals surface area contributed by atoms with Crippen LogP contribution in [0.1, 0.15) is 10.4 Å². The Morgan fingerprint density at radius 3 is 2.50 bits per heavy atom. The molecule has 0 atom stereocenters. The molecule has 2 rings (SSSR count). The highest BCUT2D eigenvalue weighted by atomic mass is 35.5. The third kappa shape index (κ3) is 3.96. The van der Waals surface area contributed by atoms with Crippen molar-refractivity contribution in [3.63, 3.8) is 0 Å². The lowest BCUT2D eigenvalue weighted by molar-refractivity contribution is 0.0938. The fraction of sp³-hybridized carbons (Fsp3) is 0. The zero-order chi connectivity index (χ0) is 14.4. The largest absolute Gasteiger partial charge is 0.337 e. The molecule has 0 saturated heterocycles. The van der Waals surface area contributed by atoms with Crippen molar-refractivity contribution in [1.29, 1.82) is 0 Å². The number of hydrogen-bond donors (Lipinski definition) is 3. The number of halogens is 1. The Kier molecular flexibility index (Phi) is 4.52. The molecule has 0 aliphatic rings. The molecular formula is C13H11ClN4O2. The van der Waals surface area contributed by atoms with E-state index in [2.05, 4.69) is 21.2 Å². The molecule has 0 unspecified atom stereocenters. The van der Waals surface area contributed by atoms with Crippen LogP contribution in [0.5, 0.6) is 0 Å². The number of rotatable bonds is 2. The maximum Gasteiger partial charge on any atom is 0.337 e. The summed E-state index contributed by atoms with van der Waals surface area (Å²) in [6.45, 7) is 0. The van der Waals surface area contributed by atoms with E-state index in [1.807, 2.05) is 0 Å². The van der Waals surface area contributed by atoms with Gasteiger partial charge < -0.3 is 5.32 Å². The van der Waals surface area contributed by atoms with Crippen molar-refractivity contribution in [2.75, 3.05) is 5.32 Å². The van der Waals surface area contributed by atoms with E-state index < -0.39 is 11.9 Å². The predicted molar refractivity (Wildman–Crippen MR) is 75.3 cm³/mol. The van der Waals surface area contributed by atoms with E-state index in [9.17, 15) is 9.59 Å². The maximum atomic E-state index is 11.7. The van der Waals surface area contributed by atoms with Gasteiger partial charge in [-0.05, 0) is 30.3 Å². The van der Waals surface area contributed by atoms with Crippen LogP contribution in [0.25, 0.3) is 0 Å². The van der Waals surface area contributed by atoms with Crippen LogP contribution in [0, 0.1) is 0 Å². The number of urea groups is 1. The van der Waals surface area contributed by atoms with Gasteiger partial charge in [-0.15, -0.1) is 0 Å². The van der Waals surface area contributed by atoms with Gasteiger partial charge in [0.25, 0.3) is 5.91 Å². The molecular weight excluding hydrogens is 280 g/mol. The number of nitrogens with one attached hydrogen (secondary N) is 3. The minimum atomic E-state index is -0.574. The zero-order valence-corrected chi connectivity index (χ0v) is 11.0. The number of nitrogens with zero attached hydrogens (tertiary/aromatic N) is 1. The molecule has 3 amide bonds. The third-order valence-electron chi connectivity index (χ3n) is 2.31. The lowest BCUT2D eigenvalue weighted by atomic mass is 10.3. The van der Waals surface area contributed by atoms with Crippen LogP contribution < -0.4 is 16.2 Å². The van der Waals surface area contributed by atoms with Crippen LogP contribution in [-0.4, -0.2) is 16.9 Å². The summed E-state index contributed by atoms with van der Waals surface area (Å²) in [5.41, 5.74) is 5.42. The topological polar surface area (TPSA) is 83.1 Å². The summed E-state index contributed by atoms with van der Waals surface area (Å²) < 4.78 is 0. The standard InChI is InChI=1S/C13H11ClN4O2/c14-10-2-1-3-11(8-10)16-13(20)18-17-12(19)9-4-6-15-7-5-9/h1-8H,(H,17,19)(H2,16,18,20). The van der Waals surface area contributed by atoms with Crippen molar-refractivity contribution < 1.29 is 9.59 Å². The Morgan fingerprint density at radius 1 is 1.05 bits per heavy atom. The second-order valence-electron chi connectivity index (χ2n) is 3.78. The minimum Gasteiger partial charge on any atom is -0.307 e.